The first-order valence-electron chi connectivity index (χ1n) is 9.92. The zero-order chi connectivity index (χ0) is 20.2. The molecular formula is C24H23N3O2. The highest BCUT2D eigenvalue weighted by Crippen LogP contribution is 2.47. The van der Waals surface area contributed by atoms with Gasteiger partial charge < -0.3 is 5.32 Å². The summed E-state index contributed by atoms with van der Waals surface area (Å²) in [4.78, 5) is 25.7. The maximum absolute atomic E-state index is 13.1. The van der Waals surface area contributed by atoms with Crippen molar-refractivity contribution < 1.29 is 4.79 Å². The Hall–Kier alpha value is -3.34. The zero-order valence-electron chi connectivity index (χ0n) is 16.5. The van der Waals surface area contributed by atoms with Crippen LogP contribution in [0.2, 0.25) is 0 Å². The highest BCUT2D eigenvalue weighted by atomic mass is 16.1. The second kappa shape index (κ2) is 6.34. The van der Waals surface area contributed by atoms with Crippen molar-refractivity contribution in [3.63, 3.8) is 0 Å². The molecule has 0 saturated heterocycles. The Morgan fingerprint density at radius 2 is 1.55 bits per heavy atom. The number of Topliss-reactive ketones (excluding diaryl/α,β-unsaturated/α-hetero) is 1. The van der Waals surface area contributed by atoms with E-state index in [9.17, 15) is 9.59 Å². The first-order valence-corrected chi connectivity index (χ1v) is 9.92. The predicted octanol–water partition coefficient (Wildman–Crippen LogP) is 4.57. The van der Waals surface area contributed by atoms with Crippen LogP contribution in [0.5, 0.6) is 0 Å². The van der Waals surface area contributed by atoms with Crippen LogP contribution in [0.15, 0.2) is 70.7 Å². The number of aromatic nitrogens is 2. The van der Waals surface area contributed by atoms with E-state index in [2.05, 4.69) is 53.6 Å². The fraction of sp³-hybridized carbons (Fsp3) is 0.250. The number of hydrogen-bond donors (Lipinski definition) is 3. The molecule has 1 aromatic heterocycles. The standard InChI is InChI=1S/C24H23N3O2/c1-24(2)12-17-20(18(28)13-24)19(21-22(25-17)26-27-23(21)29)16-10-8-15(9-11-16)14-6-4-3-5-7-14/h3-11,19H,12-13H2,1-2H3,(H3,25,26,27,29)/t19-/m1/s1. The van der Waals surface area contributed by atoms with Gasteiger partial charge >= 0.3 is 0 Å². The number of anilines is 1. The van der Waals surface area contributed by atoms with E-state index in [0.717, 1.165) is 34.4 Å². The lowest BCUT2D eigenvalue weighted by atomic mass is 9.69. The molecule has 1 aliphatic carbocycles. The molecular weight excluding hydrogens is 362 g/mol. The lowest BCUT2D eigenvalue weighted by Gasteiger charge is -2.37. The average molecular weight is 385 g/mol. The van der Waals surface area contributed by atoms with Crippen molar-refractivity contribution in [1.82, 2.24) is 10.2 Å². The van der Waals surface area contributed by atoms with Crippen molar-refractivity contribution in [3.8, 4) is 11.1 Å². The van der Waals surface area contributed by atoms with Crippen molar-refractivity contribution >= 4 is 11.6 Å². The highest BCUT2D eigenvalue weighted by molar-refractivity contribution is 6.01. The molecule has 5 rings (SSSR count). The van der Waals surface area contributed by atoms with Crippen LogP contribution < -0.4 is 10.9 Å². The molecule has 3 aromatic rings. The van der Waals surface area contributed by atoms with Crippen LogP contribution in [0.1, 0.15) is 43.7 Å². The molecule has 0 spiro atoms. The van der Waals surface area contributed by atoms with E-state index in [4.69, 9.17) is 0 Å². The molecule has 2 heterocycles. The number of allylic oxidation sites excluding steroid dienone is 2. The number of fused-ring (bicyclic) bond motifs is 1. The van der Waals surface area contributed by atoms with Crippen LogP contribution in [0.3, 0.4) is 0 Å². The first-order chi connectivity index (χ1) is 13.9. The van der Waals surface area contributed by atoms with Gasteiger partial charge in [-0.15, -0.1) is 0 Å². The Bertz CT molecular complexity index is 1180. The number of benzene rings is 2. The number of ketones is 1. The van der Waals surface area contributed by atoms with Gasteiger partial charge in [0.25, 0.3) is 5.56 Å². The molecule has 3 N–H and O–H groups in total. The lowest BCUT2D eigenvalue weighted by molar-refractivity contribution is -0.118. The Balaban J connectivity index is 1.64. The van der Waals surface area contributed by atoms with Gasteiger partial charge in [-0.2, -0.15) is 0 Å². The molecule has 1 aliphatic heterocycles. The summed E-state index contributed by atoms with van der Waals surface area (Å²) in [5, 5.41) is 8.94. The molecule has 5 heteroatoms. The third-order valence-corrected chi connectivity index (χ3v) is 5.94. The van der Waals surface area contributed by atoms with E-state index in [0.29, 0.717) is 17.8 Å². The van der Waals surface area contributed by atoms with E-state index in [1.165, 1.54) is 0 Å². The molecule has 1 atom stereocenters. The summed E-state index contributed by atoms with van der Waals surface area (Å²) in [7, 11) is 0. The summed E-state index contributed by atoms with van der Waals surface area (Å²) in [5.41, 5.74) is 5.16. The molecule has 0 radical (unpaired) electrons. The first kappa shape index (κ1) is 17.7. The maximum Gasteiger partial charge on any atom is 0.270 e. The number of nitrogens with one attached hydrogen (secondary N) is 3. The summed E-state index contributed by atoms with van der Waals surface area (Å²) in [5.74, 6) is 0.424. The van der Waals surface area contributed by atoms with Crippen molar-refractivity contribution in [3.05, 3.63) is 87.3 Å². The van der Waals surface area contributed by atoms with Gasteiger partial charge in [0.15, 0.2) is 5.78 Å². The average Bonchev–Trinajstić information content (AvgIpc) is 3.07. The molecule has 29 heavy (non-hydrogen) atoms. The molecule has 146 valence electrons. The van der Waals surface area contributed by atoms with Crippen LogP contribution in [0.4, 0.5) is 5.82 Å². The van der Waals surface area contributed by atoms with E-state index in [1.807, 2.05) is 30.3 Å². The number of H-pyrrole nitrogens is 2. The monoisotopic (exact) mass is 385 g/mol. The van der Waals surface area contributed by atoms with E-state index < -0.39 is 0 Å². The quantitative estimate of drug-likeness (QED) is 0.605. The normalized spacial score (nSPS) is 20.1. The van der Waals surface area contributed by atoms with E-state index in [-0.39, 0.29) is 22.7 Å². The Labute approximate surface area is 168 Å². The Morgan fingerprint density at radius 1 is 0.862 bits per heavy atom. The zero-order valence-corrected chi connectivity index (χ0v) is 16.5. The molecule has 2 aliphatic rings. The number of hydrogen-bond acceptors (Lipinski definition) is 3. The van der Waals surface area contributed by atoms with Crippen LogP contribution in [0.25, 0.3) is 11.1 Å². The molecule has 0 fully saturated rings. The molecule has 2 aromatic carbocycles. The minimum absolute atomic E-state index is 0.0985. The van der Waals surface area contributed by atoms with Gasteiger partial charge in [-0.3, -0.25) is 19.8 Å². The smallest absolute Gasteiger partial charge is 0.270 e. The Kier molecular flexibility index (Phi) is 3.88. The largest absolute Gasteiger partial charge is 0.343 e. The molecule has 0 unspecified atom stereocenters. The SMILES string of the molecule is CC1(C)CC(=O)C2=C(C1)Nc1[nH][nH]c(=O)c1[C@@H]2c1ccc(-c2ccccc2)cc1. The maximum atomic E-state index is 13.1. The summed E-state index contributed by atoms with van der Waals surface area (Å²) in [6, 6.07) is 18.4. The second-order valence-electron chi connectivity index (χ2n) is 8.75. The Morgan fingerprint density at radius 3 is 2.28 bits per heavy atom. The fourth-order valence-corrected chi connectivity index (χ4v) is 4.65. The minimum Gasteiger partial charge on any atom is -0.343 e. The van der Waals surface area contributed by atoms with Crippen molar-refractivity contribution in [2.24, 2.45) is 5.41 Å². The number of carbonyl (C=O) groups excluding carboxylic acids is 1. The van der Waals surface area contributed by atoms with Crippen LogP contribution in [0, 0.1) is 5.41 Å². The van der Waals surface area contributed by atoms with Gasteiger partial charge in [-0.05, 0) is 28.5 Å². The molecule has 0 saturated carbocycles. The summed E-state index contributed by atoms with van der Waals surface area (Å²) < 4.78 is 0. The highest BCUT2D eigenvalue weighted by Gasteiger charge is 2.42. The third-order valence-electron chi connectivity index (χ3n) is 5.94. The number of aromatic amines is 2. The number of carbonyl (C=O) groups is 1. The van der Waals surface area contributed by atoms with Crippen molar-refractivity contribution in [2.45, 2.75) is 32.6 Å². The van der Waals surface area contributed by atoms with Gasteiger partial charge in [0.1, 0.15) is 5.82 Å². The topological polar surface area (TPSA) is 77.8 Å². The van der Waals surface area contributed by atoms with E-state index >= 15 is 0 Å². The molecule has 5 nitrogen and oxygen atoms in total. The fourth-order valence-electron chi connectivity index (χ4n) is 4.65. The third kappa shape index (κ3) is 2.94. The predicted molar refractivity (Wildman–Crippen MR) is 114 cm³/mol. The van der Waals surface area contributed by atoms with Gasteiger partial charge in [0, 0.05) is 23.6 Å². The van der Waals surface area contributed by atoms with Gasteiger partial charge in [0.2, 0.25) is 0 Å². The van der Waals surface area contributed by atoms with Gasteiger partial charge in [-0.1, -0.05) is 68.4 Å². The summed E-state index contributed by atoms with van der Waals surface area (Å²) >= 11 is 0. The molecule has 0 bridgehead atoms. The van der Waals surface area contributed by atoms with Crippen LogP contribution in [-0.4, -0.2) is 16.0 Å². The van der Waals surface area contributed by atoms with Crippen molar-refractivity contribution in [2.75, 3.05) is 5.32 Å². The molecule has 0 amide bonds. The summed E-state index contributed by atoms with van der Waals surface area (Å²) in [6.45, 7) is 4.21. The van der Waals surface area contributed by atoms with Crippen LogP contribution in [-0.2, 0) is 4.79 Å². The minimum atomic E-state index is -0.357. The lowest BCUT2D eigenvalue weighted by Crippen LogP contribution is -2.34. The van der Waals surface area contributed by atoms with Crippen molar-refractivity contribution in [1.29, 1.82) is 0 Å². The van der Waals surface area contributed by atoms with Gasteiger partial charge in [-0.25, -0.2) is 0 Å². The van der Waals surface area contributed by atoms with Crippen LogP contribution >= 0.6 is 0 Å². The van der Waals surface area contributed by atoms with E-state index in [1.54, 1.807) is 0 Å². The number of rotatable bonds is 2. The summed E-state index contributed by atoms with van der Waals surface area (Å²) in [6.07, 6.45) is 1.27. The van der Waals surface area contributed by atoms with Gasteiger partial charge in [0.05, 0.1) is 5.56 Å². The second-order valence-corrected chi connectivity index (χ2v) is 8.75.